The summed E-state index contributed by atoms with van der Waals surface area (Å²) >= 11 is 7.53. The van der Waals surface area contributed by atoms with Crippen LogP contribution in [0.3, 0.4) is 0 Å². The van der Waals surface area contributed by atoms with Gasteiger partial charge in [0.15, 0.2) is 0 Å². The maximum absolute atomic E-state index is 5.54. The first-order valence-electron chi connectivity index (χ1n) is 6.32. The second-order valence-corrected chi connectivity index (χ2v) is 6.63. The van der Waals surface area contributed by atoms with E-state index in [9.17, 15) is 0 Å². The van der Waals surface area contributed by atoms with Gasteiger partial charge in [-0.05, 0) is 32.1 Å². The minimum absolute atomic E-state index is 0.827. The van der Waals surface area contributed by atoms with Gasteiger partial charge in [0.25, 0.3) is 0 Å². The van der Waals surface area contributed by atoms with Crippen molar-refractivity contribution in [3.05, 3.63) is 0 Å². The average Bonchev–Trinajstić information content (AvgIpc) is 2.31. The molecule has 0 aromatic rings. The minimum Gasteiger partial charge on any atom is -0.358 e. The first-order chi connectivity index (χ1) is 7.36. The predicted molar refractivity (Wildman–Crippen MR) is 72.5 cm³/mol. The lowest BCUT2D eigenvalue weighted by Crippen LogP contribution is -2.33. The van der Waals surface area contributed by atoms with E-state index in [0.29, 0.717) is 0 Å². The van der Waals surface area contributed by atoms with Crippen molar-refractivity contribution in [2.45, 2.75) is 56.6 Å². The van der Waals surface area contributed by atoms with Gasteiger partial charge in [0.05, 0.1) is 0 Å². The highest BCUT2D eigenvalue weighted by Crippen LogP contribution is 2.30. The second kappa shape index (κ2) is 6.09. The molecule has 0 N–H and O–H groups in total. The summed E-state index contributed by atoms with van der Waals surface area (Å²) in [6, 6.07) is 0. The molecule has 3 heteroatoms. The van der Waals surface area contributed by atoms with Gasteiger partial charge in [-0.15, -0.1) is 0 Å². The monoisotopic (exact) mass is 243 g/mol. The Morgan fingerprint density at radius 3 is 2.20 bits per heavy atom. The molecule has 0 bridgehead atoms. The van der Waals surface area contributed by atoms with Crippen molar-refractivity contribution in [3.8, 4) is 0 Å². The van der Waals surface area contributed by atoms with Crippen LogP contribution in [0.1, 0.15) is 51.4 Å². The number of hydrogen-bond donors (Lipinski definition) is 0. The van der Waals surface area contributed by atoms with E-state index in [0.717, 1.165) is 5.25 Å². The lowest BCUT2D eigenvalue weighted by Gasteiger charge is -2.31. The fourth-order valence-electron chi connectivity index (χ4n) is 2.48. The summed E-state index contributed by atoms with van der Waals surface area (Å²) in [6.07, 6.45) is 11.1. The minimum atomic E-state index is 0.827. The van der Waals surface area contributed by atoms with E-state index < -0.39 is 0 Å². The molecule has 1 aliphatic heterocycles. The molecule has 2 rings (SSSR count). The number of likely N-dealkylation sites (tertiary alicyclic amines) is 1. The Morgan fingerprint density at radius 1 is 0.933 bits per heavy atom. The quantitative estimate of drug-likeness (QED) is 0.645. The lowest BCUT2D eigenvalue weighted by molar-refractivity contribution is 0.352. The molecule has 0 aromatic carbocycles. The Morgan fingerprint density at radius 2 is 1.53 bits per heavy atom. The molecule has 0 spiro atoms. The number of piperidine rings is 1. The number of thiocarbonyl (C=S) groups is 1. The van der Waals surface area contributed by atoms with Crippen LogP contribution in [-0.2, 0) is 0 Å². The zero-order valence-corrected chi connectivity index (χ0v) is 11.0. The van der Waals surface area contributed by atoms with E-state index in [1.54, 1.807) is 0 Å². The van der Waals surface area contributed by atoms with Crippen molar-refractivity contribution >= 4 is 28.3 Å². The van der Waals surface area contributed by atoms with Crippen molar-refractivity contribution in [1.29, 1.82) is 0 Å². The number of rotatable bonds is 1. The topological polar surface area (TPSA) is 3.24 Å². The van der Waals surface area contributed by atoms with E-state index in [4.69, 9.17) is 12.2 Å². The third-order valence-electron chi connectivity index (χ3n) is 3.43. The normalized spacial score (nSPS) is 24.1. The maximum atomic E-state index is 5.54. The molecule has 2 aliphatic rings. The first kappa shape index (κ1) is 11.7. The van der Waals surface area contributed by atoms with Crippen LogP contribution in [0.15, 0.2) is 0 Å². The summed E-state index contributed by atoms with van der Waals surface area (Å²) in [7, 11) is 0. The van der Waals surface area contributed by atoms with Crippen molar-refractivity contribution in [2.24, 2.45) is 0 Å². The zero-order valence-electron chi connectivity index (χ0n) is 9.41. The Hall–Kier alpha value is 0.240. The Bertz CT molecular complexity index is 206. The SMILES string of the molecule is S=C(SC1CCCCC1)N1CCCCC1. The number of nitrogens with zero attached hydrogens (tertiary/aromatic N) is 1. The van der Waals surface area contributed by atoms with Crippen LogP contribution < -0.4 is 0 Å². The van der Waals surface area contributed by atoms with Gasteiger partial charge in [-0.2, -0.15) is 0 Å². The first-order valence-corrected chi connectivity index (χ1v) is 7.60. The van der Waals surface area contributed by atoms with Crippen LogP contribution in [0.4, 0.5) is 0 Å². The highest BCUT2D eigenvalue weighted by atomic mass is 32.2. The summed E-state index contributed by atoms with van der Waals surface area (Å²) < 4.78 is 1.18. The van der Waals surface area contributed by atoms with Crippen LogP contribution in [-0.4, -0.2) is 27.6 Å². The van der Waals surface area contributed by atoms with Gasteiger partial charge < -0.3 is 4.90 Å². The van der Waals surface area contributed by atoms with Crippen molar-refractivity contribution < 1.29 is 0 Å². The van der Waals surface area contributed by atoms with Crippen LogP contribution in [0.5, 0.6) is 0 Å². The molecule has 1 saturated carbocycles. The smallest absolute Gasteiger partial charge is 0.136 e. The largest absolute Gasteiger partial charge is 0.358 e. The highest BCUT2D eigenvalue weighted by molar-refractivity contribution is 8.23. The van der Waals surface area contributed by atoms with Crippen LogP contribution in [0, 0.1) is 0 Å². The second-order valence-electron chi connectivity index (χ2n) is 4.69. The Labute approximate surface area is 103 Å². The van der Waals surface area contributed by atoms with E-state index in [1.165, 1.54) is 68.8 Å². The van der Waals surface area contributed by atoms with Crippen LogP contribution in [0.25, 0.3) is 0 Å². The molecule has 1 heterocycles. The molecule has 86 valence electrons. The van der Waals surface area contributed by atoms with E-state index in [1.807, 2.05) is 11.8 Å². The molecule has 0 radical (unpaired) electrons. The van der Waals surface area contributed by atoms with Gasteiger partial charge in [-0.25, -0.2) is 0 Å². The van der Waals surface area contributed by atoms with Crippen molar-refractivity contribution in [2.75, 3.05) is 13.1 Å². The predicted octanol–water partition coefficient (Wildman–Crippen LogP) is 3.82. The fraction of sp³-hybridized carbons (Fsp3) is 0.917. The Balaban J connectivity index is 1.74. The molecular weight excluding hydrogens is 222 g/mol. The molecular formula is C12H21NS2. The van der Waals surface area contributed by atoms with Gasteiger partial charge in [-0.1, -0.05) is 43.2 Å². The molecule has 1 nitrogen and oxygen atoms in total. The molecule has 0 aromatic heterocycles. The summed E-state index contributed by atoms with van der Waals surface area (Å²) in [5, 5.41) is 0.827. The van der Waals surface area contributed by atoms with E-state index in [2.05, 4.69) is 4.90 Å². The molecule has 0 atom stereocenters. The summed E-state index contributed by atoms with van der Waals surface area (Å²) in [5.41, 5.74) is 0. The fourth-order valence-corrected chi connectivity index (χ4v) is 4.25. The van der Waals surface area contributed by atoms with Crippen molar-refractivity contribution in [3.63, 3.8) is 0 Å². The van der Waals surface area contributed by atoms with E-state index >= 15 is 0 Å². The van der Waals surface area contributed by atoms with Crippen LogP contribution >= 0.6 is 24.0 Å². The highest BCUT2D eigenvalue weighted by Gasteiger charge is 2.20. The number of hydrogen-bond acceptors (Lipinski definition) is 2. The maximum Gasteiger partial charge on any atom is 0.136 e. The van der Waals surface area contributed by atoms with Crippen molar-refractivity contribution in [1.82, 2.24) is 4.90 Å². The summed E-state index contributed by atoms with van der Waals surface area (Å²) in [5.74, 6) is 0. The molecule has 1 saturated heterocycles. The summed E-state index contributed by atoms with van der Waals surface area (Å²) in [6.45, 7) is 2.41. The van der Waals surface area contributed by atoms with Gasteiger partial charge in [0.1, 0.15) is 4.32 Å². The molecule has 1 aliphatic carbocycles. The van der Waals surface area contributed by atoms with Gasteiger partial charge >= 0.3 is 0 Å². The van der Waals surface area contributed by atoms with Gasteiger partial charge in [-0.3, -0.25) is 0 Å². The molecule has 0 amide bonds. The Kier molecular flexibility index (Phi) is 4.76. The third kappa shape index (κ3) is 3.63. The average molecular weight is 243 g/mol. The summed E-state index contributed by atoms with van der Waals surface area (Å²) in [4.78, 5) is 2.43. The van der Waals surface area contributed by atoms with Gasteiger partial charge in [0.2, 0.25) is 0 Å². The zero-order chi connectivity index (χ0) is 10.5. The van der Waals surface area contributed by atoms with Crippen LogP contribution in [0.2, 0.25) is 0 Å². The standard InChI is InChI=1S/C12H21NS2/c14-12(13-9-5-2-6-10-13)15-11-7-3-1-4-8-11/h11H,1-10H2. The lowest BCUT2D eigenvalue weighted by atomic mass is 10.0. The van der Waals surface area contributed by atoms with E-state index in [-0.39, 0.29) is 0 Å². The molecule has 2 fully saturated rings. The third-order valence-corrected chi connectivity index (χ3v) is 5.25. The van der Waals surface area contributed by atoms with Gasteiger partial charge in [0, 0.05) is 18.3 Å². The number of thioether (sulfide) groups is 1. The molecule has 0 unspecified atom stereocenters. The molecule has 15 heavy (non-hydrogen) atoms.